The zero-order valence-electron chi connectivity index (χ0n) is 11.2. The summed E-state index contributed by atoms with van der Waals surface area (Å²) in [5, 5.41) is 3.25. The van der Waals surface area contributed by atoms with Crippen LogP contribution in [-0.4, -0.2) is 31.7 Å². The molecule has 0 radical (unpaired) electrons. The van der Waals surface area contributed by atoms with Crippen LogP contribution >= 0.6 is 15.9 Å². The van der Waals surface area contributed by atoms with Crippen molar-refractivity contribution in [1.29, 1.82) is 0 Å². The van der Waals surface area contributed by atoms with Gasteiger partial charge >= 0.3 is 0 Å². The largest absolute Gasteiger partial charge is 0.315 e. The van der Waals surface area contributed by atoms with E-state index in [4.69, 9.17) is 0 Å². The summed E-state index contributed by atoms with van der Waals surface area (Å²) in [6.07, 6.45) is 3.03. The van der Waals surface area contributed by atoms with E-state index in [0.29, 0.717) is 18.3 Å². The molecule has 0 fully saturated rings. The summed E-state index contributed by atoms with van der Waals surface area (Å²) in [6, 6.07) is 3.81. The predicted octanol–water partition coefficient (Wildman–Crippen LogP) is 2.36. The molecule has 1 aromatic rings. The fourth-order valence-corrected chi connectivity index (χ4v) is 2.81. The first-order valence-electron chi connectivity index (χ1n) is 6.24. The second kappa shape index (κ2) is 7.81. The van der Waals surface area contributed by atoms with Gasteiger partial charge in [0.15, 0.2) is 0 Å². The van der Waals surface area contributed by atoms with Crippen molar-refractivity contribution in [3.8, 4) is 0 Å². The summed E-state index contributed by atoms with van der Waals surface area (Å²) in [7, 11) is -3.30. The number of rotatable bonds is 8. The van der Waals surface area contributed by atoms with Crippen LogP contribution in [0, 0.1) is 0 Å². The molecule has 0 aliphatic heterocycles. The Labute approximate surface area is 123 Å². The molecule has 0 aliphatic rings. The first-order valence-corrected chi connectivity index (χ1v) is 8.69. The quantitative estimate of drug-likeness (QED) is 0.706. The summed E-state index contributed by atoms with van der Waals surface area (Å²) >= 11 is 3.25. The fraction of sp³-hybridized carbons (Fsp3) is 0.583. The summed E-state index contributed by atoms with van der Waals surface area (Å²) in [5.74, 6) is 0.466. The number of pyridine rings is 1. The maximum absolute atomic E-state index is 11.8. The van der Waals surface area contributed by atoms with Crippen molar-refractivity contribution in [2.75, 3.05) is 17.0 Å². The van der Waals surface area contributed by atoms with E-state index in [1.54, 1.807) is 18.3 Å². The average molecular weight is 350 g/mol. The predicted molar refractivity (Wildman–Crippen MR) is 81.7 cm³/mol. The van der Waals surface area contributed by atoms with Crippen LogP contribution < -0.4 is 10.0 Å². The average Bonchev–Trinajstić information content (AvgIpc) is 2.31. The summed E-state index contributed by atoms with van der Waals surface area (Å²) in [5.41, 5.74) is 0. The lowest BCUT2D eigenvalue weighted by Gasteiger charge is -2.09. The highest BCUT2D eigenvalue weighted by atomic mass is 79.9. The molecule has 1 rings (SSSR count). The first kappa shape index (κ1) is 16.4. The molecular formula is C12H20BrN3O2S. The molecule has 19 heavy (non-hydrogen) atoms. The second-order valence-electron chi connectivity index (χ2n) is 4.60. The molecular weight excluding hydrogens is 330 g/mol. The minimum Gasteiger partial charge on any atom is -0.315 e. The third-order valence-corrected chi connectivity index (χ3v) is 4.20. The standard InChI is InChI=1S/C12H20BrN3O2S/c1-10(2)14-7-3-4-8-19(17,18)16-12-6-5-11(13)9-15-12/h5-6,9-10,14H,3-4,7-8H2,1-2H3,(H,15,16). The highest BCUT2D eigenvalue weighted by Crippen LogP contribution is 2.12. The van der Waals surface area contributed by atoms with Gasteiger partial charge in [-0.3, -0.25) is 4.72 Å². The Morgan fingerprint density at radius 2 is 2.05 bits per heavy atom. The van der Waals surface area contributed by atoms with Crippen LogP contribution in [0.5, 0.6) is 0 Å². The Kier molecular flexibility index (Phi) is 6.74. The lowest BCUT2D eigenvalue weighted by molar-refractivity contribution is 0.561. The van der Waals surface area contributed by atoms with Gasteiger partial charge in [0.05, 0.1) is 5.75 Å². The van der Waals surface area contributed by atoms with Gasteiger partial charge in [-0.2, -0.15) is 0 Å². The van der Waals surface area contributed by atoms with E-state index >= 15 is 0 Å². The normalized spacial score (nSPS) is 11.8. The molecule has 0 saturated carbocycles. The number of aromatic nitrogens is 1. The van der Waals surface area contributed by atoms with Gasteiger partial charge in [-0.1, -0.05) is 13.8 Å². The molecule has 0 amide bonds. The zero-order valence-corrected chi connectivity index (χ0v) is 13.6. The molecule has 0 bridgehead atoms. The van der Waals surface area contributed by atoms with E-state index in [0.717, 1.165) is 17.4 Å². The SMILES string of the molecule is CC(C)NCCCCS(=O)(=O)Nc1ccc(Br)cn1. The number of halogens is 1. The van der Waals surface area contributed by atoms with Crippen molar-refractivity contribution >= 4 is 31.8 Å². The van der Waals surface area contributed by atoms with E-state index in [1.165, 1.54) is 0 Å². The Morgan fingerprint density at radius 1 is 1.32 bits per heavy atom. The van der Waals surface area contributed by atoms with Crippen LogP contribution in [0.4, 0.5) is 5.82 Å². The fourth-order valence-electron chi connectivity index (χ4n) is 1.45. The molecule has 0 saturated heterocycles. The maximum atomic E-state index is 11.8. The van der Waals surface area contributed by atoms with Crippen LogP contribution in [0.3, 0.4) is 0 Å². The van der Waals surface area contributed by atoms with Crippen molar-refractivity contribution < 1.29 is 8.42 Å². The van der Waals surface area contributed by atoms with E-state index < -0.39 is 10.0 Å². The molecule has 0 aromatic carbocycles. The van der Waals surface area contributed by atoms with Gasteiger partial charge in [0, 0.05) is 16.7 Å². The summed E-state index contributed by atoms with van der Waals surface area (Å²) in [6.45, 7) is 4.97. The molecule has 1 heterocycles. The molecule has 0 unspecified atom stereocenters. The Morgan fingerprint density at radius 3 is 2.63 bits per heavy atom. The van der Waals surface area contributed by atoms with Crippen LogP contribution in [0.25, 0.3) is 0 Å². The van der Waals surface area contributed by atoms with Gasteiger partial charge in [0.25, 0.3) is 0 Å². The molecule has 0 spiro atoms. The number of unbranched alkanes of at least 4 members (excludes halogenated alkanes) is 1. The van der Waals surface area contributed by atoms with Crippen molar-refractivity contribution in [2.24, 2.45) is 0 Å². The third-order valence-electron chi connectivity index (χ3n) is 2.38. The monoisotopic (exact) mass is 349 g/mol. The van der Waals surface area contributed by atoms with Crippen LogP contribution in [0.1, 0.15) is 26.7 Å². The zero-order chi connectivity index (χ0) is 14.3. The number of nitrogens with one attached hydrogen (secondary N) is 2. The highest BCUT2D eigenvalue weighted by molar-refractivity contribution is 9.10. The molecule has 5 nitrogen and oxygen atoms in total. The number of hydrogen-bond donors (Lipinski definition) is 2. The topological polar surface area (TPSA) is 71.1 Å². The van der Waals surface area contributed by atoms with Gasteiger partial charge < -0.3 is 5.32 Å². The second-order valence-corrected chi connectivity index (χ2v) is 7.36. The van der Waals surface area contributed by atoms with Crippen LogP contribution in [0.15, 0.2) is 22.8 Å². The van der Waals surface area contributed by atoms with Crippen molar-refractivity contribution in [3.05, 3.63) is 22.8 Å². The van der Waals surface area contributed by atoms with Gasteiger partial charge in [-0.15, -0.1) is 0 Å². The Balaban J connectivity index is 2.34. The van der Waals surface area contributed by atoms with Crippen molar-refractivity contribution in [2.45, 2.75) is 32.7 Å². The molecule has 0 aliphatic carbocycles. The van der Waals surface area contributed by atoms with Crippen LogP contribution in [-0.2, 0) is 10.0 Å². The van der Waals surface area contributed by atoms with E-state index in [1.807, 2.05) is 0 Å². The number of hydrogen-bond acceptors (Lipinski definition) is 4. The van der Waals surface area contributed by atoms with Gasteiger partial charge in [-0.25, -0.2) is 13.4 Å². The molecule has 108 valence electrons. The smallest absolute Gasteiger partial charge is 0.233 e. The highest BCUT2D eigenvalue weighted by Gasteiger charge is 2.10. The Bertz CT molecular complexity index is 474. The lowest BCUT2D eigenvalue weighted by Crippen LogP contribution is -2.24. The van der Waals surface area contributed by atoms with E-state index in [9.17, 15) is 8.42 Å². The molecule has 0 atom stereocenters. The first-order chi connectivity index (χ1) is 8.89. The summed E-state index contributed by atoms with van der Waals surface area (Å²) in [4.78, 5) is 3.98. The minimum atomic E-state index is -3.30. The Hall–Kier alpha value is -0.660. The number of anilines is 1. The van der Waals surface area contributed by atoms with Gasteiger partial charge in [-0.05, 0) is 47.4 Å². The lowest BCUT2D eigenvalue weighted by atomic mass is 10.3. The van der Waals surface area contributed by atoms with Crippen LogP contribution in [0.2, 0.25) is 0 Å². The molecule has 7 heteroatoms. The molecule has 1 aromatic heterocycles. The minimum absolute atomic E-state index is 0.116. The number of nitrogens with zero attached hydrogens (tertiary/aromatic N) is 1. The van der Waals surface area contributed by atoms with Gasteiger partial charge in [0.2, 0.25) is 10.0 Å². The van der Waals surface area contributed by atoms with E-state index in [2.05, 4.69) is 44.8 Å². The van der Waals surface area contributed by atoms with Crippen molar-refractivity contribution in [1.82, 2.24) is 10.3 Å². The van der Waals surface area contributed by atoms with Gasteiger partial charge in [0.1, 0.15) is 5.82 Å². The molecule has 2 N–H and O–H groups in total. The van der Waals surface area contributed by atoms with E-state index in [-0.39, 0.29) is 5.75 Å². The third kappa shape index (κ3) is 7.49. The van der Waals surface area contributed by atoms with Crippen molar-refractivity contribution in [3.63, 3.8) is 0 Å². The summed E-state index contributed by atoms with van der Waals surface area (Å²) < 4.78 is 26.9. The maximum Gasteiger partial charge on any atom is 0.233 e. The number of sulfonamides is 1.